The van der Waals surface area contributed by atoms with Crippen molar-refractivity contribution >= 4 is 27.1 Å². The molecule has 0 aliphatic heterocycles. The first-order valence-electron chi connectivity index (χ1n) is 8.78. The molecular weight excluding hydrogens is 413 g/mol. The fourth-order valence-corrected chi connectivity index (χ4v) is 5.24. The molecule has 2 aromatic rings. The predicted octanol–water partition coefficient (Wildman–Crippen LogP) is 5.19. The van der Waals surface area contributed by atoms with Crippen LogP contribution in [0, 0.1) is 0 Å². The van der Waals surface area contributed by atoms with E-state index in [1.165, 1.54) is 4.88 Å². The molecule has 28 heavy (non-hydrogen) atoms. The average molecular weight is 435 g/mol. The normalized spacial score (nSPS) is 13.4. The van der Waals surface area contributed by atoms with Gasteiger partial charge in [0.2, 0.25) is 0 Å². The molecule has 0 spiro atoms. The Bertz CT molecular complexity index is 875. The van der Waals surface area contributed by atoms with Gasteiger partial charge in [-0.05, 0) is 48.9 Å². The zero-order chi connectivity index (χ0) is 20.8. The fourth-order valence-electron chi connectivity index (χ4n) is 2.86. The first-order chi connectivity index (χ1) is 13.1. The number of carboxylic acids is 1. The number of unbranched alkanes of at least 4 members (excludes halogenated alkanes) is 3. The number of benzene rings is 1. The highest BCUT2D eigenvalue weighted by atomic mass is 32.2. The summed E-state index contributed by atoms with van der Waals surface area (Å²) in [5.74, 6) is -1.55. The van der Waals surface area contributed by atoms with E-state index in [2.05, 4.69) is 0 Å². The lowest BCUT2D eigenvalue weighted by Gasteiger charge is -2.15. The number of hydrogen-bond donors (Lipinski definition) is 1. The Labute approximate surface area is 165 Å². The van der Waals surface area contributed by atoms with Gasteiger partial charge in [-0.2, -0.15) is 13.2 Å². The molecule has 1 N–H and O–H groups in total. The number of thiophene rings is 1. The topological polar surface area (TPSA) is 71.4 Å². The molecule has 0 aliphatic rings. The van der Waals surface area contributed by atoms with Crippen LogP contribution in [0.5, 0.6) is 0 Å². The van der Waals surface area contributed by atoms with E-state index in [0.29, 0.717) is 18.9 Å². The number of rotatable bonds is 10. The van der Waals surface area contributed by atoms with Gasteiger partial charge in [-0.25, -0.2) is 8.42 Å². The molecule has 0 radical (unpaired) electrons. The third-order valence-corrected chi connectivity index (χ3v) is 7.39. The van der Waals surface area contributed by atoms with Gasteiger partial charge in [-0.1, -0.05) is 31.4 Å². The summed E-state index contributed by atoms with van der Waals surface area (Å²) in [5, 5.41) is 9.56. The van der Waals surface area contributed by atoms with Crippen LogP contribution in [0.25, 0.3) is 0 Å². The van der Waals surface area contributed by atoms with Crippen LogP contribution in [0.15, 0.2) is 46.7 Å². The standard InChI is InChI=1S/C19H21F3O4S2/c20-19(21,22)14-7-5-10-16(13-14)28(25,26)17(18(23)24)11-4-2-1-3-8-15-9-6-12-27-15/h5-7,9-10,12-13,17H,1-4,8,11H2,(H,23,24). The second-order valence-electron chi connectivity index (χ2n) is 6.43. The van der Waals surface area contributed by atoms with Crippen molar-refractivity contribution in [2.24, 2.45) is 0 Å². The molecule has 1 atom stereocenters. The first-order valence-corrected chi connectivity index (χ1v) is 11.2. The van der Waals surface area contributed by atoms with Gasteiger partial charge >= 0.3 is 12.1 Å². The molecule has 4 nitrogen and oxygen atoms in total. The molecule has 0 saturated carbocycles. The number of carboxylic acid groups (broad SMARTS) is 1. The van der Waals surface area contributed by atoms with Crippen molar-refractivity contribution in [2.75, 3.05) is 0 Å². The molecule has 1 aromatic heterocycles. The van der Waals surface area contributed by atoms with Crippen LogP contribution in [0.3, 0.4) is 0 Å². The smallest absolute Gasteiger partial charge is 0.416 e. The first kappa shape index (κ1) is 22.4. The van der Waals surface area contributed by atoms with E-state index >= 15 is 0 Å². The molecule has 0 amide bonds. The fraction of sp³-hybridized carbons (Fsp3) is 0.421. The maximum atomic E-state index is 12.8. The summed E-state index contributed by atoms with van der Waals surface area (Å²) in [4.78, 5) is 12.1. The van der Waals surface area contributed by atoms with Crippen LogP contribution in [0.4, 0.5) is 13.2 Å². The maximum absolute atomic E-state index is 12.8. The molecule has 1 heterocycles. The van der Waals surface area contributed by atoms with Crippen molar-refractivity contribution in [3.63, 3.8) is 0 Å². The summed E-state index contributed by atoms with van der Waals surface area (Å²) in [7, 11) is -4.41. The zero-order valence-corrected chi connectivity index (χ0v) is 16.6. The van der Waals surface area contributed by atoms with Gasteiger partial charge in [0, 0.05) is 4.88 Å². The van der Waals surface area contributed by atoms with Crippen LogP contribution in [0.1, 0.15) is 42.5 Å². The second-order valence-corrected chi connectivity index (χ2v) is 9.59. The molecule has 0 bridgehead atoms. The van der Waals surface area contributed by atoms with Gasteiger partial charge in [0.15, 0.2) is 15.1 Å². The Kier molecular flexibility index (Phi) is 7.65. The summed E-state index contributed by atoms with van der Waals surface area (Å²) in [6.45, 7) is 0. The summed E-state index contributed by atoms with van der Waals surface area (Å²) >= 11 is 1.66. The van der Waals surface area contributed by atoms with Crippen molar-refractivity contribution in [2.45, 2.75) is 54.8 Å². The Balaban J connectivity index is 1.97. The van der Waals surface area contributed by atoms with Gasteiger partial charge in [-0.3, -0.25) is 4.79 Å². The number of sulfone groups is 1. The van der Waals surface area contributed by atoms with Crippen molar-refractivity contribution in [3.05, 3.63) is 52.2 Å². The number of aliphatic carboxylic acids is 1. The molecule has 0 aliphatic carbocycles. The minimum Gasteiger partial charge on any atom is -0.480 e. The van der Waals surface area contributed by atoms with E-state index in [9.17, 15) is 31.5 Å². The number of alkyl halides is 3. The summed E-state index contributed by atoms with van der Waals surface area (Å²) in [6, 6.07) is 7.22. The Morgan fingerprint density at radius 3 is 2.39 bits per heavy atom. The van der Waals surface area contributed by atoms with Gasteiger partial charge < -0.3 is 5.11 Å². The molecule has 9 heteroatoms. The summed E-state index contributed by atoms with van der Waals surface area (Å²) in [5.41, 5.74) is -1.12. The summed E-state index contributed by atoms with van der Waals surface area (Å²) in [6.07, 6.45) is -1.14. The van der Waals surface area contributed by atoms with Gasteiger partial charge in [0.05, 0.1) is 10.5 Å². The molecule has 1 aromatic carbocycles. The molecule has 0 saturated heterocycles. The minimum absolute atomic E-state index is 0.132. The zero-order valence-electron chi connectivity index (χ0n) is 15.0. The monoisotopic (exact) mass is 434 g/mol. The number of halogens is 3. The lowest BCUT2D eigenvalue weighted by Crippen LogP contribution is -2.30. The predicted molar refractivity (Wildman–Crippen MR) is 101 cm³/mol. The number of carbonyl (C=O) groups is 1. The maximum Gasteiger partial charge on any atom is 0.416 e. The van der Waals surface area contributed by atoms with Crippen molar-refractivity contribution in [1.82, 2.24) is 0 Å². The van der Waals surface area contributed by atoms with E-state index < -0.39 is 37.7 Å². The van der Waals surface area contributed by atoms with E-state index in [-0.39, 0.29) is 6.42 Å². The molecular formula is C19H21F3O4S2. The molecule has 0 fully saturated rings. The van der Waals surface area contributed by atoms with Crippen molar-refractivity contribution in [1.29, 1.82) is 0 Å². The largest absolute Gasteiger partial charge is 0.480 e. The second kappa shape index (κ2) is 9.56. The lowest BCUT2D eigenvalue weighted by atomic mass is 10.1. The SMILES string of the molecule is O=C(O)C(CCCCCCc1cccs1)S(=O)(=O)c1cccc(C(F)(F)F)c1. The van der Waals surface area contributed by atoms with Crippen LogP contribution >= 0.6 is 11.3 Å². The van der Waals surface area contributed by atoms with Gasteiger partial charge in [0.1, 0.15) is 0 Å². The molecule has 2 rings (SSSR count). The Morgan fingerprint density at radius 1 is 1.07 bits per heavy atom. The Hall–Kier alpha value is -1.87. The molecule has 154 valence electrons. The third-order valence-electron chi connectivity index (χ3n) is 4.36. The number of hydrogen-bond acceptors (Lipinski definition) is 4. The van der Waals surface area contributed by atoms with Crippen molar-refractivity contribution in [3.8, 4) is 0 Å². The highest BCUT2D eigenvalue weighted by Crippen LogP contribution is 2.31. The summed E-state index contributed by atoms with van der Waals surface area (Å²) < 4.78 is 63.6. The van der Waals surface area contributed by atoms with Crippen LogP contribution in [0.2, 0.25) is 0 Å². The average Bonchev–Trinajstić information content (AvgIpc) is 3.13. The van der Waals surface area contributed by atoms with Gasteiger partial charge in [-0.15, -0.1) is 11.3 Å². The van der Waals surface area contributed by atoms with E-state index in [4.69, 9.17) is 0 Å². The quantitative estimate of drug-likeness (QED) is 0.523. The van der Waals surface area contributed by atoms with Crippen LogP contribution < -0.4 is 0 Å². The highest BCUT2D eigenvalue weighted by Gasteiger charge is 2.36. The van der Waals surface area contributed by atoms with Crippen LogP contribution in [-0.2, 0) is 27.2 Å². The third kappa shape index (κ3) is 6.07. The van der Waals surface area contributed by atoms with Crippen LogP contribution in [-0.4, -0.2) is 24.7 Å². The Morgan fingerprint density at radius 2 is 1.79 bits per heavy atom. The van der Waals surface area contributed by atoms with E-state index in [1.807, 2.05) is 17.5 Å². The lowest BCUT2D eigenvalue weighted by molar-refractivity contribution is -0.138. The van der Waals surface area contributed by atoms with Crippen molar-refractivity contribution < 1.29 is 31.5 Å². The highest BCUT2D eigenvalue weighted by molar-refractivity contribution is 7.92. The van der Waals surface area contributed by atoms with E-state index in [0.717, 1.165) is 37.5 Å². The number of aryl methyl sites for hydroxylation is 1. The minimum atomic E-state index is -4.70. The van der Waals surface area contributed by atoms with E-state index in [1.54, 1.807) is 11.3 Å². The molecule has 1 unspecified atom stereocenters. The van der Waals surface area contributed by atoms with Gasteiger partial charge in [0.25, 0.3) is 0 Å².